The topological polar surface area (TPSA) is 61.8 Å². The first-order chi connectivity index (χ1) is 8.16. The highest BCUT2D eigenvalue weighted by Crippen LogP contribution is 2.30. The van der Waals surface area contributed by atoms with Crippen LogP contribution in [0.1, 0.15) is 6.92 Å². The standard InChI is InChI=1S/C12H12O5/c1-8(13)15-6-9(14)12-7-16-10-4-2-3-5-11(10)17-12/h2-5,12H,6-7H2,1H3. The molecule has 0 N–H and O–H groups in total. The van der Waals surface area contributed by atoms with Crippen LogP contribution in [0.5, 0.6) is 11.5 Å². The monoisotopic (exact) mass is 236 g/mol. The molecule has 0 aliphatic carbocycles. The predicted molar refractivity (Wildman–Crippen MR) is 58.0 cm³/mol. The Labute approximate surface area is 98.3 Å². The van der Waals surface area contributed by atoms with E-state index in [-0.39, 0.29) is 19.0 Å². The van der Waals surface area contributed by atoms with E-state index in [1.54, 1.807) is 18.2 Å². The number of carbonyl (C=O) groups excluding carboxylic acids is 2. The van der Waals surface area contributed by atoms with Crippen molar-refractivity contribution >= 4 is 11.8 Å². The summed E-state index contributed by atoms with van der Waals surface area (Å²) >= 11 is 0. The second-order valence-corrected chi connectivity index (χ2v) is 3.61. The van der Waals surface area contributed by atoms with Gasteiger partial charge in [0.15, 0.2) is 24.2 Å². The number of ether oxygens (including phenoxy) is 3. The summed E-state index contributed by atoms with van der Waals surface area (Å²) in [5, 5.41) is 0. The minimum absolute atomic E-state index is 0.136. The van der Waals surface area contributed by atoms with Crippen LogP contribution < -0.4 is 9.47 Å². The molecule has 17 heavy (non-hydrogen) atoms. The van der Waals surface area contributed by atoms with E-state index >= 15 is 0 Å². The molecule has 2 rings (SSSR count). The van der Waals surface area contributed by atoms with Crippen LogP contribution in [0, 0.1) is 0 Å². The van der Waals surface area contributed by atoms with Crippen LogP contribution in [-0.2, 0) is 14.3 Å². The second-order valence-electron chi connectivity index (χ2n) is 3.61. The van der Waals surface area contributed by atoms with Crippen molar-refractivity contribution in [3.63, 3.8) is 0 Å². The van der Waals surface area contributed by atoms with Gasteiger partial charge in [0.1, 0.15) is 6.61 Å². The Balaban J connectivity index is 1.97. The van der Waals surface area contributed by atoms with Gasteiger partial charge in [0, 0.05) is 6.92 Å². The molecule has 90 valence electrons. The first-order valence-corrected chi connectivity index (χ1v) is 5.21. The fraction of sp³-hybridized carbons (Fsp3) is 0.333. The lowest BCUT2D eigenvalue weighted by molar-refractivity contribution is -0.148. The summed E-state index contributed by atoms with van der Waals surface area (Å²) in [7, 11) is 0. The number of para-hydroxylation sites is 2. The largest absolute Gasteiger partial charge is 0.485 e. The predicted octanol–water partition coefficient (Wildman–Crippen LogP) is 0.959. The Hall–Kier alpha value is -2.04. The van der Waals surface area contributed by atoms with Crippen LogP contribution in [0.4, 0.5) is 0 Å². The molecule has 0 radical (unpaired) electrons. The van der Waals surface area contributed by atoms with Crippen molar-refractivity contribution < 1.29 is 23.8 Å². The van der Waals surface area contributed by atoms with Crippen LogP contribution in [0.3, 0.4) is 0 Å². The van der Waals surface area contributed by atoms with Gasteiger partial charge in [-0.25, -0.2) is 0 Å². The van der Waals surface area contributed by atoms with Gasteiger partial charge in [0.05, 0.1) is 0 Å². The first kappa shape index (κ1) is 11.4. The number of hydrogen-bond acceptors (Lipinski definition) is 5. The van der Waals surface area contributed by atoms with Crippen molar-refractivity contribution in [2.75, 3.05) is 13.2 Å². The molecule has 5 heteroatoms. The fourth-order valence-electron chi connectivity index (χ4n) is 1.44. The maximum Gasteiger partial charge on any atom is 0.303 e. The molecule has 0 aromatic heterocycles. The number of esters is 1. The molecule has 0 amide bonds. The fourth-order valence-corrected chi connectivity index (χ4v) is 1.44. The highest BCUT2D eigenvalue weighted by atomic mass is 16.6. The molecule has 0 spiro atoms. The van der Waals surface area contributed by atoms with Crippen LogP contribution in [0.15, 0.2) is 24.3 Å². The summed E-state index contributed by atoms with van der Waals surface area (Å²) in [6.07, 6.45) is -0.718. The molecule has 1 aromatic carbocycles. The summed E-state index contributed by atoms with van der Waals surface area (Å²) < 4.78 is 15.5. The zero-order chi connectivity index (χ0) is 12.3. The van der Waals surface area contributed by atoms with Crippen molar-refractivity contribution in [1.29, 1.82) is 0 Å². The van der Waals surface area contributed by atoms with Crippen molar-refractivity contribution in [3.8, 4) is 11.5 Å². The van der Waals surface area contributed by atoms with Crippen LogP contribution in [0.2, 0.25) is 0 Å². The summed E-state index contributed by atoms with van der Waals surface area (Å²) in [4.78, 5) is 22.2. The summed E-state index contributed by atoms with van der Waals surface area (Å²) in [6.45, 7) is 1.10. The van der Waals surface area contributed by atoms with E-state index in [2.05, 4.69) is 4.74 Å². The number of rotatable bonds is 3. The van der Waals surface area contributed by atoms with E-state index in [1.807, 2.05) is 6.07 Å². The molecule has 1 aliphatic rings. The molecule has 0 bridgehead atoms. The normalized spacial score (nSPS) is 17.4. The Morgan fingerprint density at radius 2 is 2.06 bits per heavy atom. The number of fused-ring (bicyclic) bond motifs is 1. The third kappa shape index (κ3) is 2.75. The molecule has 0 saturated carbocycles. The number of Topliss-reactive ketones (excluding diaryl/α,β-unsaturated/α-hetero) is 1. The van der Waals surface area contributed by atoms with Gasteiger partial charge in [-0.05, 0) is 12.1 Å². The average Bonchev–Trinajstić information content (AvgIpc) is 2.35. The maximum absolute atomic E-state index is 11.6. The van der Waals surface area contributed by atoms with E-state index in [0.29, 0.717) is 11.5 Å². The van der Waals surface area contributed by atoms with Gasteiger partial charge in [-0.2, -0.15) is 0 Å². The third-order valence-electron chi connectivity index (χ3n) is 2.29. The molecule has 0 fully saturated rings. The SMILES string of the molecule is CC(=O)OCC(=O)C1COc2ccccc2O1. The van der Waals surface area contributed by atoms with Crippen molar-refractivity contribution in [3.05, 3.63) is 24.3 Å². The Morgan fingerprint density at radius 3 is 2.76 bits per heavy atom. The number of hydrogen-bond donors (Lipinski definition) is 0. The molecule has 1 aromatic rings. The van der Waals surface area contributed by atoms with Crippen molar-refractivity contribution in [1.82, 2.24) is 0 Å². The molecular formula is C12H12O5. The Kier molecular flexibility index (Phi) is 3.27. The molecule has 1 atom stereocenters. The van der Waals surface area contributed by atoms with E-state index < -0.39 is 12.1 Å². The van der Waals surface area contributed by atoms with E-state index in [9.17, 15) is 9.59 Å². The smallest absolute Gasteiger partial charge is 0.303 e. The Bertz CT molecular complexity index is 440. The van der Waals surface area contributed by atoms with Crippen molar-refractivity contribution in [2.24, 2.45) is 0 Å². The molecule has 1 unspecified atom stereocenters. The zero-order valence-electron chi connectivity index (χ0n) is 9.34. The number of ketones is 1. The maximum atomic E-state index is 11.6. The highest BCUT2D eigenvalue weighted by Gasteiger charge is 2.27. The van der Waals surface area contributed by atoms with Crippen LogP contribution >= 0.6 is 0 Å². The quantitative estimate of drug-likeness (QED) is 0.731. The van der Waals surface area contributed by atoms with Crippen LogP contribution in [-0.4, -0.2) is 31.1 Å². The lowest BCUT2D eigenvalue weighted by Gasteiger charge is -2.25. The minimum Gasteiger partial charge on any atom is -0.485 e. The van der Waals surface area contributed by atoms with Gasteiger partial charge in [-0.15, -0.1) is 0 Å². The lowest BCUT2D eigenvalue weighted by Crippen LogP contribution is -2.38. The van der Waals surface area contributed by atoms with Crippen molar-refractivity contribution in [2.45, 2.75) is 13.0 Å². The van der Waals surface area contributed by atoms with E-state index in [0.717, 1.165) is 0 Å². The zero-order valence-corrected chi connectivity index (χ0v) is 9.34. The number of carbonyl (C=O) groups is 2. The van der Waals surface area contributed by atoms with E-state index in [4.69, 9.17) is 9.47 Å². The lowest BCUT2D eigenvalue weighted by atomic mass is 10.2. The van der Waals surface area contributed by atoms with E-state index in [1.165, 1.54) is 6.92 Å². The molecule has 1 heterocycles. The van der Waals surface area contributed by atoms with Gasteiger partial charge in [-0.3, -0.25) is 9.59 Å². The molecule has 1 aliphatic heterocycles. The average molecular weight is 236 g/mol. The van der Waals surface area contributed by atoms with Gasteiger partial charge in [-0.1, -0.05) is 12.1 Å². The summed E-state index contributed by atoms with van der Waals surface area (Å²) in [6, 6.07) is 7.10. The third-order valence-corrected chi connectivity index (χ3v) is 2.29. The minimum atomic E-state index is -0.718. The number of benzene rings is 1. The van der Waals surface area contributed by atoms with Gasteiger partial charge < -0.3 is 14.2 Å². The highest BCUT2D eigenvalue weighted by molar-refractivity contribution is 5.86. The molecule has 5 nitrogen and oxygen atoms in total. The van der Waals surface area contributed by atoms with Gasteiger partial charge >= 0.3 is 5.97 Å². The first-order valence-electron chi connectivity index (χ1n) is 5.21. The Morgan fingerprint density at radius 1 is 1.35 bits per heavy atom. The summed E-state index contributed by atoms with van der Waals surface area (Å²) in [5.41, 5.74) is 0. The molecule has 0 saturated heterocycles. The summed E-state index contributed by atoms with van der Waals surface area (Å²) in [5.74, 6) is 0.342. The van der Waals surface area contributed by atoms with Gasteiger partial charge in [0.2, 0.25) is 5.78 Å². The second kappa shape index (κ2) is 4.86. The van der Waals surface area contributed by atoms with Gasteiger partial charge in [0.25, 0.3) is 0 Å². The van der Waals surface area contributed by atoms with Crippen LogP contribution in [0.25, 0.3) is 0 Å². The molecular weight excluding hydrogens is 224 g/mol.